The summed E-state index contributed by atoms with van der Waals surface area (Å²) in [5, 5.41) is 4.14. The van der Waals surface area contributed by atoms with Crippen molar-refractivity contribution in [3.63, 3.8) is 0 Å². The molecule has 2 aromatic heterocycles. The molecule has 5 nitrogen and oxygen atoms in total. The lowest BCUT2D eigenvalue weighted by Gasteiger charge is -2.02. The van der Waals surface area contributed by atoms with Crippen LogP contribution in [0.2, 0.25) is 0 Å². The Morgan fingerprint density at radius 2 is 2.32 bits per heavy atom. The number of ether oxygens (including phenoxy) is 1. The van der Waals surface area contributed by atoms with Gasteiger partial charge in [-0.25, -0.2) is 4.79 Å². The van der Waals surface area contributed by atoms with E-state index in [1.807, 2.05) is 19.3 Å². The zero-order chi connectivity index (χ0) is 13.7. The predicted octanol–water partition coefficient (Wildman–Crippen LogP) is 2.06. The standard InChI is InChI=1S/C14H15N3O2/c1-3-19-14(18)5-4-11-8-15-7-6-13(11)12-9-16-17(2)10-12/h4-10H,3H2,1-2H3/b5-4+. The molecule has 0 aliphatic rings. The second-order valence-corrected chi connectivity index (χ2v) is 3.95. The molecule has 0 aliphatic heterocycles. The van der Waals surface area contributed by atoms with Crippen molar-refractivity contribution in [2.75, 3.05) is 6.61 Å². The molecule has 98 valence electrons. The number of pyridine rings is 1. The van der Waals surface area contributed by atoms with E-state index in [0.717, 1.165) is 16.7 Å². The van der Waals surface area contributed by atoms with Crippen LogP contribution in [0.15, 0.2) is 36.9 Å². The van der Waals surface area contributed by atoms with E-state index in [-0.39, 0.29) is 5.97 Å². The Hall–Kier alpha value is -2.43. The number of hydrogen-bond donors (Lipinski definition) is 0. The van der Waals surface area contributed by atoms with Crippen molar-refractivity contribution in [3.8, 4) is 11.1 Å². The van der Waals surface area contributed by atoms with Gasteiger partial charge in [-0.2, -0.15) is 5.10 Å². The molecule has 0 saturated heterocycles. The summed E-state index contributed by atoms with van der Waals surface area (Å²) in [6.07, 6.45) is 10.2. The smallest absolute Gasteiger partial charge is 0.330 e. The molecule has 0 spiro atoms. The molecule has 0 aliphatic carbocycles. The third-order valence-corrected chi connectivity index (χ3v) is 2.55. The van der Waals surface area contributed by atoms with Crippen molar-refractivity contribution in [1.82, 2.24) is 14.8 Å². The number of esters is 1. The van der Waals surface area contributed by atoms with Gasteiger partial charge >= 0.3 is 5.97 Å². The van der Waals surface area contributed by atoms with Crippen LogP contribution >= 0.6 is 0 Å². The van der Waals surface area contributed by atoms with Crippen molar-refractivity contribution < 1.29 is 9.53 Å². The Bertz CT molecular complexity index is 602. The van der Waals surface area contributed by atoms with Gasteiger partial charge < -0.3 is 4.74 Å². The Labute approximate surface area is 111 Å². The van der Waals surface area contributed by atoms with Crippen molar-refractivity contribution in [2.24, 2.45) is 7.05 Å². The van der Waals surface area contributed by atoms with Crippen LogP contribution in [0.3, 0.4) is 0 Å². The molecule has 0 atom stereocenters. The molecular weight excluding hydrogens is 242 g/mol. The molecule has 0 unspecified atom stereocenters. The highest BCUT2D eigenvalue weighted by Crippen LogP contribution is 2.23. The molecule has 5 heteroatoms. The van der Waals surface area contributed by atoms with Crippen molar-refractivity contribution in [2.45, 2.75) is 6.92 Å². The molecule has 2 rings (SSSR count). The van der Waals surface area contributed by atoms with Crippen LogP contribution < -0.4 is 0 Å². The molecule has 2 heterocycles. The van der Waals surface area contributed by atoms with Gasteiger partial charge in [0.2, 0.25) is 0 Å². The number of carbonyl (C=O) groups excluding carboxylic acids is 1. The minimum absolute atomic E-state index is 0.358. The number of rotatable bonds is 4. The van der Waals surface area contributed by atoms with Crippen LogP contribution in [-0.2, 0) is 16.6 Å². The molecule has 2 aromatic rings. The normalized spacial score (nSPS) is 10.8. The van der Waals surface area contributed by atoms with E-state index in [0.29, 0.717) is 6.61 Å². The van der Waals surface area contributed by atoms with E-state index >= 15 is 0 Å². The molecule has 0 bridgehead atoms. The van der Waals surface area contributed by atoms with Gasteiger partial charge in [0.1, 0.15) is 0 Å². The lowest BCUT2D eigenvalue weighted by Crippen LogP contribution is -1.98. The second-order valence-electron chi connectivity index (χ2n) is 3.95. The van der Waals surface area contributed by atoms with Gasteiger partial charge in [-0.1, -0.05) is 0 Å². The van der Waals surface area contributed by atoms with Crippen LogP contribution in [0.5, 0.6) is 0 Å². The first-order chi connectivity index (χ1) is 9.20. The van der Waals surface area contributed by atoms with Crippen LogP contribution in [0.1, 0.15) is 12.5 Å². The van der Waals surface area contributed by atoms with Gasteiger partial charge in [-0.05, 0) is 24.6 Å². The monoisotopic (exact) mass is 257 g/mol. The summed E-state index contributed by atoms with van der Waals surface area (Å²) >= 11 is 0. The van der Waals surface area contributed by atoms with E-state index in [1.165, 1.54) is 6.08 Å². The third-order valence-electron chi connectivity index (χ3n) is 2.55. The summed E-state index contributed by atoms with van der Waals surface area (Å²) in [5.74, 6) is -0.358. The average molecular weight is 257 g/mol. The zero-order valence-corrected chi connectivity index (χ0v) is 10.9. The fraction of sp³-hybridized carbons (Fsp3) is 0.214. The Kier molecular flexibility index (Phi) is 4.07. The zero-order valence-electron chi connectivity index (χ0n) is 10.9. The first kappa shape index (κ1) is 13.0. The number of carbonyl (C=O) groups is 1. The Morgan fingerprint density at radius 3 is 3.00 bits per heavy atom. The maximum absolute atomic E-state index is 11.3. The van der Waals surface area contributed by atoms with Gasteiger partial charge in [0.05, 0.1) is 12.8 Å². The summed E-state index contributed by atoms with van der Waals surface area (Å²) in [5.41, 5.74) is 2.81. The van der Waals surface area contributed by atoms with Crippen LogP contribution in [0.25, 0.3) is 17.2 Å². The summed E-state index contributed by atoms with van der Waals surface area (Å²) in [7, 11) is 1.86. The minimum Gasteiger partial charge on any atom is -0.463 e. The molecule has 0 aromatic carbocycles. The molecule has 0 N–H and O–H groups in total. The quantitative estimate of drug-likeness (QED) is 0.621. The summed E-state index contributed by atoms with van der Waals surface area (Å²) in [4.78, 5) is 15.4. The minimum atomic E-state index is -0.358. The predicted molar refractivity (Wildman–Crippen MR) is 72.1 cm³/mol. The van der Waals surface area contributed by atoms with Crippen LogP contribution in [-0.4, -0.2) is 27.3 Å². The van der Waals surface area contributed by atoms with E-state index < -0.39 is 0 Å². The number of aromatic nitrogens is 3. The largest absolute Gasteiger partial charge is 0.463 e. The molecular formula is C14H15N3O2. The average Bonchev–Trinajstić information content (AvgIpc) is 2.84. The van der Waals surface area contributed by atoms with E-state index in [1.54, 1.807) is 36.3 Å². The lowest BCUT2D eigenvalue weighted by atomic mass is 10.1. The number of aryl methyl sites for hydroxylation is 1. The molecule has 0 fully saturated rings. The van der Waals surface area contributed by atoms with Gasteiger partial charge in [0, 0.05) is 42.8 Å². The lowest BCUT2D eigenvalue weighted by molar-refractivity contribution is -0.137. The SMILES string of the molecule is CCOC(=O)/C=C/c1cnccc1-c1cnn(C)c1. The van der Waals surface area contributed by atoms with E-state index in [2.05, 4.69) is 10.1 Å². The Morgan fingerprint density at radius 1 is 1.47 bits per heavy atom. The van der Waals surface area contributed by atoms with Gasteiger partial charge in [0.25, 0.3) is 0 Å². The van der Waals surface area contributed by atoms with Gasteiger partial charge in [0.15, 0.2) is 0 Å². The van der Waals surface area contributed by atoms with Gasteiger partial charge in [-0.15, -0.1) is 0 Å². The first-order valence-electron chi connectivity index (χ1n) is 5.98. The molecule has 19 heavy (non-hydrogen) atoms. The van der Waals surface area contributed by atoms with E-state index in [9.17, 15) is 4.79 Å². The summed E-state index contributed by atoms with van der Waals surface area (Å²) in [6, 6.07) is 1.89. The second kappa shape index (κ2) is 5.95. The van der Waals surface area contributed by atoms with E-state index in [4.69, 9.17) is 4.74 Å². The highest BCUT2D eigenvalue weighted by atomic mass is 16.5. The molecule has 0 radical (unpaired) electrons. The summed E-state index contributed by atoms with van der Waals surface area (Å²) in [6.45, 7) is 2.14. The van der Waals surface area contributed by atoms with Crippen LogP contribution in [0.4, 0.5) is 0 Å². The van der Waals surface area contributed by atoms with Crippen molar-refractivity contribution in [1.29, 1.82) is 0 Å². The van der Waals surface area contributed by atoms with Crippen molar-refractivity contribution in [3.05, 3.63) is 42.5 Å². The topological polar surface area (TPSA) is 57.0 Å². The number of hydrogen-bond acceptors (Lipinski definition) is 4. The fourth-order valence-corrected chi connectivity index (χ4v) is 1.71. The maximum Gasteiger partial charge on any atom is 0.330 e. The first-order valence-corrected chi connectivity index (χ1v) is 5.98. The fourth-order valence-electron chi connectivity index (χ4n) is 1.71. The highest BCUT2D eigenvalue weighted by Gasteiger charge is 2.05. The molecule has 0 amide bonds. The van der Waals surface area contributed by atoms with Crippen LogP contribution in [0, 0.1) is 0 Å². The highest BCUT2D eigenvalue weighted by molar-refractivity contribution is 5.88. The number of nitrogens with zero attached hydrogens (tertiary/aromatic N) is 3. The third kappa shape index (κ3) is 3.28. The van der Waals surface area contributed by atoms with Crippen molar-refractivity contribution >= 4 is 12.0 Å². The van der Waals surface area contributed by atoms with Gasteiger partial charge in [-0.3, -0.25) is 9.67 Å². The molecule has 0 saturated carbocycles. The maximum atomic E-state index is 11.3. The Balaban J connectivity index is 2.29. The summed E-state index contributed by atoms with van der Waals surface area (Å²) < 4.78 is 6.58.